The fourth-order valence-corrected chi connectivity index (χ4v) is 2.46. The second-order valence-corrected chi connectivity index (χ2v) is 6.02. The molecule has 0 aliphatic rings. The van der Waals surface area contributed by atoms with Gasteiger partial charge in [0.2, 0.25) is 0 Å². The lowest BCUT2D eigenvalue weighted by Crippen LogP contribution is -2.21. The molecule has 6 nitrogen and oxygen atoms in total. The maximum atomic E-state index is 12.4. The molecule has 0 fully saturated rings. The number of ether oxygens (including phenoxy) is 1. The summed E-state index contributed by atoms with van der Waals surface area (Å²) in [4.78, 5) is 21.7. The van der Waals surface area contributed by atoms with Gasteiger partial charge in [0.1, 0.15) is 17.4 Å². The molecule has 3 N–H and O–H groups in total. The van der Waals surface area contributed by atoms with E-state index in [0.29, 0.717) is 6.07 Å². The highest BCUT2D eigenvalue weighted by Gasteiger charge is 2.33. The van der Waals surface area contributed by atoms with E-state index in [1.54, 1.807) is 0 Å². The summed E-state index contributed by atoms with van der Waals surface area (Å²) in [5, 5.41) is 28.5. The van der Waals surface area contributed by atoms with Crippen molar-refractivity contribution in [3.8, 4) is 5.75 Å². The van der Waals surface area contributed by atoms with Crippen LogP contribution in [-0.4, -0.2) is 44.6 Å². The third-order valence-electron chi connectivity index (χ3n) is 2.89. The number of aromatic carboxylic acids is 1. The Hall–Kier alpha value is -1.78. The Morgan fingerprint density at radius 2 is 1.92 bits per heavy atom. The SMILES string of the molecule is CC(=O)SCCC(O)C(O)c1ccc(C(=O)O)c(OC(F)(F)F)c1. The molecule has 0 bridgehead atoms. The smallest absolute Gasteiger partial charge is 0.478 e. The van der Waals surface area contributed by atoms with E-state index in [4.69, 9.17) is 5.11 Å². The lowest BCUT2D eigenvalue weighted by Gasteiger charge is -2.19. The summed E-state index contributed by atoms with van der Waals surface area (Å²) < 4.78 is 40.7. The molecule has 134 valence electrons. The Morgan fingerprint density at radius 3 is 2.42 bits per heavy atom. The van der Waals surface area contributed by atoms with Crippen LogP contribution in [0.2, 0.25) is 0 Å². The van der Waals surface area contributed by atoms with Gasteiger partial charge < -0.3 is 20.1 Å². The van der Waals surface area contributed by atoms with Gasteiger partial charge in [-0.15, -0.1) is 13.2 Å². The number of rotatable bonds is 7. The first-order chi connectivity index (χ1) is 11.0. The van der Waals surface area contributed by atoms with E-state index in [1.165, 1.54) is 6.92 Å². The van der Waals surface area contributed by atoms with Crippen molar-refractivity contribution >= 4 is 22.8 Å². The van der Waals surface area contributed by atoms with Crippen LogP contribution in [0.5, 0.6) is 5.75 Å². The number of aliphatic hydroxyl groups excluding tert-OH is 2. The molecule has 0 heterocycles. The molecule has 2 unspecified atom stereocenters. The lowest BCUT2D eigenvalue weighted by atomic mass is 10.0. The molecule has 0 saturated heterocycles. The van der Waals surface area contributed by atoms with E-state index in [0.717, 1.165) is 23.9 Å². The minimum absolute atomic E-state index is 0.0154. The van der Waals surface area contributed by atoms with Crippen molar-refractivity contribution in [2.24, 2.45) is 0 Å². The van der Waals surface area contributed by atoms with E-state index in [-0.39, 0.29) is 22.9 Å². The summed E-state index contributed by atoms with van der Waals surface area (Å²) in [6.45, 7) is 1.33. The molecule has 0 spiro atoms. The first-order valence-electron chi connectivity index (χ1n) is 6.63. The van der Waals surface area contributed by atoms with Gasteiger partial charge in [-0.25, -0.2) is 4.79 Å². The van der Waals surface area contributed by atoms with Crippen molar-refractivity contribution < 1.29 is 42.8 Å². The van der Waals surface area contributed by atoms with E-state index >= 15 is 0 Å². The quantitative estimate of drug-likeness (QED) is 0.679. The Morgan fingerprint density at radius 1 is 1.29 bits per heavy atom. The van der Waals surface area contributed by atoms with E-state index in [2.05, 4.69) is 4.74 Å². The summed E-state index contributed by atoms with van der Waals surface area (Å²) in [5.41, 5.74) is -0.871. The highest BCUT2D eigenvalue weighted by Crippen LogP contribution is 2.31. The van der Waals surface area contributed by atoms with Crippen LogP contribution in [-0.2, 0) is 4.79 Å². The van der Waals surface area contributed by atoms with E-state index < -0.39 is 35.9 Å². The number of carbonyl (C=O) groups is 2. The zero-order valence-electron chi connectivity index (χ0n) is 12.4. The average Bonchev–Trinajstić information content (AvgIpc) is 2.43. The van der Waals surface area contributed by atoms with Crippen molar-refractivity contribution in [1.82, 2.24) is 0 Å². The normalized spacial score (nSPS) is 14.1. The molecule has 24 heavy (non-hydrogen) atoms. The fraction of sp³-hybridized carbons (Fsp3) is 0.429. The van der Waals surface area contributed by atoms with Crippen molar-refractivity contribution in [2.45, 2.75) is 31.9 Å². The number of benzene rings is 1. The average molecular weight is 368 g/mol. The lowest BCUT2D eigenvalue weighted by molar-refractivity contribution is -0.274. The molecule has 10 heteroatoms. The van der Waals surface area contributed by atoms with Crippen LogP contribution >= 0.6 is 11.8 Å². The summed E-state index contributed by atoms with van der Waals surface area (Å²) in [5.74, 6) is -2.40. The van der Waals surface area contributed by atoms with Crippen molar-refractivity contribution in [1.29, 1.82) is 0 Å². The van der Waals surface area contributed by atoms with Crippen LogP contribution in [0.4, 0.5) is 13.2 Å². The molecular weight excluding hydrogens is 353 g/mol. The predicted molar refractivity (Wildman–Crippen MR) is 78.8 cm³/mol. The van der Waals surface area contributed by atoms with Gasteiger partial charge in [0.15, 0.2) is 5.12 Å². The Bertz CT molecular complexity index is 605. The number of aliphatic hydroxyl groups is 2. The number of carboxylic acid groups (broad SMARTS) is 1. The van der Waals surface area contributed by atoms with E-state index in [9.17, 15) is 33.0 Å². The van der Waals surface area contributed by atoms with Crippen LogP contribution in [0.3, 0.4) is 0 Å². The number of alkyl halides is 3. The summed E-state index contributed by atoms with van der Waals surface area (Å²) in [6.07, 6.45) is -7.99. The van der Waals surface area contributed by atoms with Crippen LogP contribution in [0.1, 0.15) is 35.4 Å². The number of thioether (sulfide) groups is 1. The van der Waals surface area contributed by atoms with Crippen LogP contribution in [0.25, 0.3) is 0 Å². The van der Waals surface area contributed by atoms with Gasteiger partial charge >= 0.3 is 12.3 Å². The van der Waals surface area contributed by atoms with Crippen molar-refractivity contribution in [2.75, 3.05) is 5.75 Å². The summed E-state index contributed by atoms with van der Waals surface area (Å²) in [7, 11) is 0. The fourth-order valence-electron chi connectivity index (χ4n) is 1.81. The highest BCUT2D eigenvalue weighted by molar-refractivity contribution is 8.13. The second kappa shape index (κ2) is 8.36. The molecule has 2 atom stereocenters. The number of halogens is 3. The monoisotopic (exact) mass is 368 g/mol. The van der Waals surface area contributed by atoms with Gasteiger partial charge in [0.25, 0.3) is 0 Å². The number of carboxylic acids is 1. The molecule has 0 aliphatic carbocycles. The van der Waals surface area contributed by atoms with Gasteiger partial charge in [0, 0.05) is 12.7 Å². The molecule has 0 aromatic heterocycles. The Kier molecular flexibility index (Phi) is 7.06. The van der Waals surface area contributed by atoms with Gasteiger partial charge in [-0.05, 0) is 24.1 Å². The van der Waals surface area contributed by atoms with Crippen LogP contribution < -0.4 is 4.74 Å². The van der Waals surface area contributed by atoms with Crippen molar-refractivity contribution in [3.05, 3.63) is 29.3 Å². The minimum atomic E-state index is -5.11. The zero-order chi connectivity index (χ0) is 18.5. The highest BCUT2D eigenvalue weighted by atomic mass is 32.2. The van der Waals surface area contributed by atoms with Crippen LogP contribution in [0, 0.1) is 0 Å². The second-order valence-electron chi connectivity index (χ2n) is 4.75. The molecule has 0 aliphatic heterocycles. The van der Waals surface area contributed by atoms with Gasteiger partial charge in [0.05, 0.1) is 6.10 Å². The van der Waals surface area contributed by atoms with Gasteiger partial charge in [-0.3, -0.25) is 4.79 Å². The molecule has 0 saturated carbocycles. The first-order valence-corrected chi connectivity index (χ1v) is 7.62. The Balaban J connectivity index is 2.96. The number of hydrogen-bond donors (Lipinski definition) is 3. The van der Waals surface area contributed by atoms with Crippen LogP contribution in [0.15, 0.2) is 18.2 Å². The predicted octanol–water partition coefficient (Wildman–Crippen LogP) is 2.35. The molecular formula is C14H15F3O6S. The molecule has 1 aromatic rings. The van der Waals surface area contributed by atoms with Gasteiger partial charge in [-0.2, -0.15) is 0 Å². The minimum Gasteiger partial charge on any atom is -0.478 e. The number of hydrogen-bond acceptors (Lipinski definition) is 6. The first kappa shape index (κ1) is 20.3. The third kappa shape index (κ3) is 6.38. The largest absolute Gasteiger partial charge is 0.573 e. The topological polar surface area (TPSA) is 104 Å². The molecule has 1 aromatic carbocycles. The zero-order valence-corrected chi connectivity index (χ0v) is 13.2. The van der Waals surface area contributed by atoms with E-state index in [1.807, 2.05) is 0 Å². The maximum absolute atomic E-state index is 12.4. The summed E-state index contributed by atoms with van der Waals surface area (Å²) >= 11 is 0.928. The molecule has 0 radical (unpaired) electrons. The summed E-state index contributed by atoms with van der Waals surface area (Å²) in [6, 6.07) is 2.64. The van der Waals surface area contributed by atoms with Crippen molar-refractivity contribution in [3.63, 3.8) is 0 Å². The molecule has 1 rings (SSSR count). The molecule has 0 amide bonds. The number of carbonyl (C=O) groups excluding carboxylic acids is 1. The Labute approximate surface area is 139 Å². The standard InChI is InChI=1S/C14H15F3O6S/c1-7(18)24-5-4-10(19)12(20)8-2-3-9(13(21)22)11(6-8)23-14(15,16)17/h2-3,6,10,12,19-20H,4-5H2,1H3,(H,21,22). The maximum Gasteiger partial charge on any atom is 0.573 e. The van der Waals surface area contributed by atoms with Gasteiger partial charge in [-0.1, -0.05) is 17.8 Å². The third-order valence-corrected chi connectivity index (χ3v) is 3.73.